The zero-order valence-electron chi connectivity index (χ0n) is 14.3. The van der Waals surface area contributed by atoms with Gasteiger partial charge in [0.05, 0.1) is 12.4 Å². The van der Waals surface area contributed by atoms with Gasteiger partial charge in [-0.15, -0.1) is 0 Å². The third-order valence-electron chi connectivity index (χ3n) is 4.98. The molecule has 1 saturated heterocycles. The van der Waals surface area contributed by atoms with Crippen LogP contribution in [0, 0.1) is 5.92 Å². The Morgan fingerprint density at radius 1 is 1.17 bits per heavy atom. The molecule has 1 N–H and O–H groups in total. The molecule has 23 heavy (non-hydrogen) atoms. The van der Waals surface area contributed by atoms with Crippen LogP contribution < -0.4 is 4.72 Å². The topological polar surface area (TPSA) is 75.7 Å². The Labute approximate surface area is 140 Å². The van der Waals surface area contributed by atoms with Crippen LogP contribution >= 0.6 is 0 Å². The third-order valence-corrected chi connectivity index (χ3v) is 5.67. The molecule has 0 aromatic rings. The molecule has 1 amide bonds. The second kappa shape index (κ2) is 8.44. The fraction of sp³-hybridized carbons (Fsp3) is 0.938. The molecule has 3 atom stereocenters. The summed E-state index contributed by atoms with van der Waals surface area (Å²) in [5.41, 5.74) is 0. The summed E-state index contributed by atoms with van der Waals surface area (Å²) in [6.07, 6.45) is 8.81. The minimum Gasteiger partial charge on any atom is -0.368 e. The first-order valence-electron chi connectivity index (χ1n) is 8.72. The lowest BCUT2D eigenvalue weighted by Crippen LogP contribution is -2.50. The molecule has 1 aliphatic heterocycles. The van der Waals surface area contributed by atoms with E-state index < -0.39 is 10.0 Å². The predicted molar refractivity (Wildman–Crippen MR) is 89.6 cm³/mol. The molecule has 2 fully saturated rings. The Balaban J connectivity index is 1.84. The van der Waals surface area contributed by atoms with Crippen molar-refractivity contribution in [2.75, 3.05) is 26.0 Å². The van der Waals surface area contributed by atoms with Crippen molar-refractivity contribution in [1.29, 1.82) is 0 Å². The normalized spacial score (nSPS) is 29.5. The lowest BCUT2D eigenvalue weighted by atomic mass is 9.88. The Morgan fingerprint density at radius 3 is 2.57 bits per heavy atom. The van der Waals surface area contributed by atoms with Crippen LogP contribution in [0.2, 0.25) is 0 Å². The van der Waals surface area contributed by atoms with Gasteiger partial charge in [-0.25, -0.2) is 13.1 Å². The summed E-state index contributed by atoms with van der Waals surface area (Å²) in [5.74, 6) is 0.503. The van der Waals surface area contributed by atoms with Crippen molar-refractivity contribution in [2.45, 2.75) is 64.0 Å². The Morgan fingerprint density at radius 2 is 1.87 bits per heavy atom. The van der Waals surface area contributed by atoms with Crippen molar-refractivity contribution in [3.05, 3.63) is 0 Å². The van der Waals surface area contributed by atoms with Crippen LogP contribution in [0.25, 0.3) is 0 Å². The SMILES string of the molecule is C[C@@H]1CCCC[C@@H]1OCC(=O)N1CCCC[C@H]1CNS(C)(=O)=O. The van der Waals surface area contributed by atoms with Gasteiger partial charge in [0.25, 0.3) is 0 Å². The number of hydrogen-bond acceptors (Lipinski definition) is 4. The largest absolute Gasteiger partial charge is 0.368 e. The maximum Gasteiger partial charge on any atom is 0.248 e. The molecule has 0 aromatic carbocycles. The van der Waals surface area contributed by atoms with Gasteiger partial charge in [-0.3, -0.25) is 4.79 Å². The number of hydrogen-bond donors (Lipinski definition) is 1. The molecule has 0 radical (unpaired) electrons. The Bertz CT molecular complexity index is 494. The van der Waals surface area contributed by atoms with Crippen molar-refractivity contribution in [3.8, 4) is 0 Å². The first kappa shape index (κ1) is 18.7. The van der Waals surface area contributed by atoms with E-state index in [0.29, 0.717) is 19.0 Å². The first-order chi connectivity index (χ1) is 10.9. The number of likely N-dealkylation sites (tertiary alicyclic amines) is 1. The van der Waals surface area contributed by atoms with Crippen LogP contribution in [-0.4, -0.2) is 57.3 Å². The standard InChI is InChI=1S/C16H30N2O4S/c1-13-7-3-4-9-15(13)22-12-16(19)18-10-6-5-8-14(18)11-17-23(2,20)21/h13-15,17H,3-12H2,1-2H3/t13-,14+,15+/m1/s1. The number of carbonyl (C=O) groups is 1. The summed E-state index contributed by atoms with van der Waals surface area (Å²) >= 11 is 0. The third kappa shape index (κ3) is 6.04. The van der Waals surface area contributed by atoms with Crippen molar-refractivity contribution in [3.63, 3.8) is 0 Å². The highest BCUT2D eigenvalue weighted by Gasteiger charge is 2.29. The van der Waals surface area contributed by atoms with Gasteiger partial charge in [0.1, 0.15) is 6.61 Å². The molecule has 134 valence electrons. The average molecular weight is 346 g/mol. The molecule has 0 aromatic heterocycles. The zero-order chi connectivity index (χ0) is 16.9. The highest BCUT2D eigenvalue weighted by Crippen LogP contribution is 2.26. The monoisotopic (exact) mass is 346 g/mol. The smallest absolute Gasteiger partial charge is 0.248 e. The minimum atomic E-state index is -3.23. The van der Waals surface area contributed by atoms with Crippen molar-refractivity contribution in [2.24, 2.45) is 5.92 Å². The van der Waals surface area contributed by atoms with E-state index in [1.165, 1.54) is 19.3 Å². The summed E-state index contributed by atoms with van der Waals surface area (Å²) in [5, 5.41) is 0. The lowest BCUT2D eigenvalue weighted by molar-refractivity contribution is -0.143. The molecule has 7 heteroatoms. The second-order valence-electron chi connectivity index (χ2n) is 6.97. The summed E-state index contributed by atoms with van der Waals surface area (Å²) in [7, 11) is -3.23. The number of nitrogens with zero attached hydrogens (tertiary/aromatic N) is 1. The molecule has 1 saturated carbocycles. The predicted octanol–water partition coefficient (Wildman–Crippen LogP) is 1.51. The highest BCUT2D eigenvalue weighted by molar-refractivity contribution is 7.88. The fourth-order valence-electron chi connectivity index (χ4n) is 3.58. The zero-order valence-corrected chi connectivity index (χ0v) is 15.1. The van der Waals surface area contributed by atoms with E-state index in [4.69, 9.17) is 4.74 Å². The fourth-order valence-corrected chi connectivity index (χ4v) is 4.07. The number of amides is 1. The number of rotatable bonds is 6. The van der Waals surface area contributed by atoms with E-state index in [0.717, 1.165) is 31.9 Å². The summed E-state index contributed by atoms with van der Waals surface area (Å²) in [6.45, 7) is 3.29. The van der Waals surface area contributed by atoms with Gasteiger partial charge in [0.15, 0.2) is 0 Å². The van der Waals surface area contributed by atoms with Gasteiger partial charge in [-0.05, 0) is 38.0 Å². The van der Waals surface area contributed by atoms with E-state index >= 15 is 0 Å². The molecule has 2 aliphatic rings. The number of sulfonamides is 1. The van der Waals surface area contributed by atoms with Crippen LogP contribution in [0.5, 0.6) is 0 Å². The number of piperidine rings is 1. The van der Waals surface area contributed by atoms with Gasteiger partial charge >= 0.3 is 0 Å². The van der Waals surface area contributed by atoms with Gasteiger partial charge in [0.2, 0.25) is 15.9 Å². The second-order valence-corrected chi connectivity index (χ2v) is 8.80. The van der Waals surface area contributed by atoms with Gasteiger partial charge in [-0.1, -0.05) is 19.8 Å². The van der Waals surface area contributed by atoms with Gasteiger partial charge in [-0.2, -0.15) is 0 Å². The molecule has 0 unspecified atom stereocenters. The molecule has 0 spiro atoms. The molecule has 2 rings (SSSR count). The molecular weight excluding hydrogens is 316 g/mol. The van der Waals surface area contributed by atoms with Crippen molar-refractivity contribution >= 4 is 15.9 Å². The van der Waals surface area contributed by atoms with E-state index in [2.05, 4.69) is 11.6 Å². The van der Waals surface area contributed by atoms with E-state index in [9.17, 15) is 13.2 Å². The van der Waals surface area contributed by atoms with Gasteiger partial charge in [0, 0.05) is 19.1 Å². The van der Waals surface area contributed by atoms with Crippen LogP contribution in [-0.2, 0) is 19.6 Å². The van der Waals surface area contributed by atoms with E-state index in [1.54, 1.807) is 4.90 Å². The van der Waals surface area contributed by atoms with E-state index in [-0.39, 0.29) is 24.7 Å². The Kier molecular flexibility index (Phi) is 6.85. The van der Waals surface area contributed by atoms with Crippen LogP contribution in [0.1, 0.15) is 51.9 Å². The van der Waals surface area contributed by atoms with E-state index in [1.807, 2.05) is 0 Å². The van der Waals surface area contributed by atoms with Crippen molar-refractivity contribution in [1.82, 2.24) is 9.62 Å². The van der Waals surface area contributed by atoms with Crippen LogP contribution in [0.4, 0.5) is 0 Å². The highest BCUT2D eigenvalue weighted by atomic mass is 32.2. The summed E-state index contributed by atoms with van der Waals surface area (Å²) < 4.78 is 31.0. The number of carbonyl (C=O) groups excluding carboxylic acids is 1. The first-order valence-corrected chi connectivity index (χ1v) is 10.6. The average Bonchev–Trinajstić information content (AvgIpc) is 2.51. The molecule has 1 heterocycles. The lowest BCUT2D eigenvalue weighted by Gasteiger charge is -2.36. The Hall–Kier alpha value is -0.660. The molecule has 6 nitrogen and oxygen atoms in total. The summed E-state index contributed by atoms with van der Waals surface area (Å²) in [4.78, 5) is 14.3. The number of nitrogens with one attached hydrogen (secondary N) is 1. The quantitative estimate of drug-likeness (QED) is 0.791. The van der Waals surface area contributed by atoms with Crippen LogP contribution in [0.3, 0.4) is 0 Å². The number of ether oxygens (including phenoxy) is 1. The van der Waals surface area contributed by atoms with Gasteiger partial charge < -0.3 is 9.64 Å². The molecular formula is C16H30N2O4S. The summed E-state index contributed by atoms with van der Waals surface area (Å²) in [6, 6.07) is -0.0571. The van der Waals surface area contributed by atoms with Crippen molar-refractivity contribution < 1.29 is 17.9 Å². The van der Waals surface area contributed by atoms with Crippen LogP contribution in [0.15, 0.2) is 0 Å². The molecule has 0 bridgehead atoms. The maximum absolute atomic E-state index is 12.5. The minimum absolute atomic E-state index is 0.0113. The molecule has 1 aliphatic carbocycles. The maximum atomic E-state index is 12.5.